The maximum absolute atomic E-state index is 13.4. The fourth-order valence-corrected chi connectivity index (χ4v) is 4.69. The summed E-state index contributed by atoms with van der Waals surface area (Å²) in [5, 5.41) is 6.99. The van der Waals surface area contributed by atoms with Gasteiger partial charge >= 0.3 is 6.09 Å². The molecular weight excluding hydrogens is 470 g/mol. The molecule has 0 atom stereocenters. The molecule has 37 heavy (non-hydrogen) atoms. The first-order valence-electron chi connectivity index (χ1n) is 12.7. The SMILES string of the molecule is CC(C)(C)OC(=O)NCC(C)(C)c1cc2cc(NC(=O)C3(c4ccc5c(c4)COCO5)CC3)ccc2[nH]1. The first-order valence-corrected chi connectivity index (χ1v) is 12.7. The molecule has 5 rings (SSSR count). The lowest BCUT2D eigenvalue weighted by Gasteiger charge is -2.25. The zero-order valence-electron chi connectivity index (χ0n) is 22.1. The van der Waals surface area contributed by atoms with E-state index in [2.05, 4.69) is 35.5 Å². The molecule has 8 nitrogen and oxygen atoms in total. The van der Waals surface area contributed by atoms with Crippen LogP contribution in [0.4, 0.5) is 10.5 Å². The minimum Gasteiger partial charge on any atom is -0.467 e. The van der Waals surface area contributed by atoms with Gasteiger partial charge in [-0.3, -0.25) is 4.79 Å². The Hall–Kier alpha value is -3.52. The van der Waals surface area contributed by atoms with Crippen LogP contribution < -0.4 is 15.4 Å². The van der Waals surface area contributed by atoms with Crippen LogP contribution in [0, 0.1) is 0 Å². The molecule has 1 fully saturated rings. The monoisotopic (exact) mass is 505 g/mol. The lowest BCUT2D eigenvalue weighted by Crippen LogP contribution is -2.39. The first-order chi connectivity index (χ1) is 17.5. The number of nitrogens with one attached hydrogen (secondary N) is 3. The molecule has 1 aliphatic carbocycles. The number of H-pyrrole nitrogens is 1. The number of amides is 2. The molecule has 0 radical (unpaired) electrons. The highest BCUT2D eigenvalue weighted by molar-refractivity contribution is 6.02. The second kappa shape index (κ2) is 9.10. The number of ether oxygens (including phenoxy) is 3. The van der Waals surface area contributed by atoms with E-state index in [9.17, 15) is 9.59 Å². The quantitative estimate of drug-likeness (QED) is 0.410. The first kappa shape index (κ1) is 25.1. The molecule has 2 amide bonds. The summed E-state index contributed by atoms with van der Waals surface area (Å²) in [5.74, 6) is 0.825. The predicted octanol–water partition coefficient (Wildman–Crippen LogP) is 5.51. The molecule has 0 spiro atoms. The van der Waals surface area contributed by atoms with Crippen LogP contribution in [0.25, 0.3) is 10.9 Å². The highest BCUT2D eigenvalue weighted by Gasteiger charge is 2.51. The third kappa shape index (κ3) is 5.30. The van der Waals surface area contributed by atoms with Gasteiger partial charge in [0.1, 0.15) is 11.4 Å². The number of fused-ring (bicyclic) bond motifs is 2. The fraction of sp³-hybridized carbons (Fsp3) is 0.448. The molecule has 3 N–H and O–H groups in total. The molecule has 0 unspecified atom stereocenters. The number of hydrogen-bond donors (Lipinski definition) is 3. The smallest absolute Gasteiger partial charge is 0.407 e. The van der Waals surface area contributed by atoms with Crippen molar-refractivity contribution in [1.82, 2.24) is 10.3 Å². The van der Waals surface area contributed by atoms with Gasteiger partial charge in [-0.15, -0.1) is 0 Å². The summed E-state index contributed by atoms with van der Waals surface area (Å²) in [4.78, 5) is 29.0. The maximum Gasteiger partial charge on any atom is 0.407 e. The van der Waals surface area contributed by atoms with E-state index in [4.69, 9.17) is 14.2 Å². The lowest BCUT2D eigenvalue weighted by atomic mass is 9.89. The second-order valence-corrected chi connectivity index (χ2v) is 11.7. The van der Waals surface area contributed by atoms with Crippen LogP contribution in [0.15, 0.2) is 42.5 Å². The topological polar surface area (TPSA) is 102 Å². The van der Waals surface area contributed by atoms with Crippen molar-refractivity contribution in [1.29, 1.82) is 0 Å². The minimum atomic E-state index is -0.544. The van der Waals surface area contributed by atoms with E-state index < -0.39 is 17.1 Å². The van der Waals surface area contributed by atoms with E-state index >= 15 is 0 Å². The molecule has 0 bridgehead atoms. The van der Waals surface area contributed by atoms with E-state index in [-0.39, 0.29) is 18.1 Å². The molecule has 3 aromatic rings. The molecular formula is C29H35N3O5. The lowest BCUT2D eigenvalue weighted by molar-refractivity contribution is -0.118. The summed E-state index contributed by atoms with van der Waals surface area (Å²) in [5.41, 5.74) is 3.28. The summed E-state index contributed by atoms with van der Waals surface area (Å²) >= 11 is 0. The van der Waals surface area contributed by atoms with Crippen molar-refractivity contribution in [3.63, 3.8) is 0 Å². The van der Waals surface area contributed by atoms with Crippen molar-refractivity contribution in [2.45, 2.75) is 70.5 Å². The molecule has 1 saturated carbocycles. The van der Waals surface area contributed by atoms with E-state index in [1.807, 2.05) is 57.2 Å². The number of benzene rings is 2. The van der Waals surface area contributed by atoms with E-state index in [1.165, 1.54) is 0 Å². The minimum absolute atomic E-state index is 0.00194. The summed E-state index contributed by atoms with van der Waals surface area (Å²) in [6, 6.07) is 13.9. The van der Waals surface area contributed by atoms with E-state index in [0.29, 0.717) is 13.2 Å². The van der Waals surface area contributed by atoms with Gasteiger partial charge in [-0.1, -0.05) is 19.9 Å². The summed E-state index contributed by atoms with van der Waals surface area (Å²) in [7, 11) is 0. The molecule has 2 aliphatic rings. The standard InChI is InChI=1S/C29H35N3O5/c1-27(2,3)37-26(34)30-16-28(4,5)24-14-18-13-21(7-8-22(18)32-24)31-25(33)29(10-11-29)20-6-9-23-19(12-20)15-35-17-36-23/h6-9,12-14,32H,10-11,15-17H2,1-5H3,(H,30,34)(H,31,33). The van der Waals surface area contributed by atoms with Crippen LogP contribution in [0.2, 0.25) is 0 Å². The normalized spacial score (nSPS) is 16.5. The van der Waals surface area contributed by atoms with E-state index in [0.717, 1.165) is 52.0 Å². The van der Waals surface area contributed by atoms with Crippen molar-refractivity contribution in [3.05, 3.63) is 59.3 Å². The Bertz CT molecular complexity index is 1350. The fourth-order valence-electron chi connectivity index (χ4n) is 4.69. The molecule has 2 heterocycles. The number of alkyl carbamates (subject to hydrolysis) is 1. The summed E-state index contributed by atoms with van der Waals surface area (Å²) in [6.07, 6.45) is 1.19. The molecule has 8 heteroatoms. The Labute approximate surface area is 217 Å². The number of rotatable bonds is 6. The maximum atomic E-state index is 13.4. The Morgan fingerprint density at radius 2 is 1.84 bits per heavy atom. The van der Waals surface area contributed by atoms with Crippen molar-refractivity contribution < 1.29 is 23.8 Å². The summed E-state index contributed by atoms with van der Waals surface area (Å²) in [6.45, 7) is 10.8. The predicted molar refractivity (Wildman–Crippen MR) is 142 cm³/mol. The van der Waals surface area contributed by atoms with Gasteiger partial charge in [-0.2, -0.15) is 0 Å². The number of anilines is 1. The Morgan fingerprint density at radius 1 is 1.05 bits per heavy atom. The Morgan fingerprint density at radius 3 is 2.57 bits per heavy atom. The largest absolute Gasteiger partial charge is 0.467 e. The average Bonchev–Trinajstić information content (AvgIpc) is 3.54. The Kier molecular flexibility index (Phi) is 6.18. The summed E-state index contributed by atoms with van der Waals surface area (Å²) < 4.78 is 16.3. The number of aromatic nitrogens is 1. The molecule has 196 valence electrons. The van der Waals surface area contributed by atoms with Gasteiger partial charge in [-0.05, 0) is 75.6 Å². The van der Waals surface area contributed by atoms with Crippen LogP contribution in [0.1, 0.15) is 64.3 Å². The van der Waals surface area contributed by atoms with Gasteiger partial charge in [0.2, 0.25) is 5.91 Å². The average molecular weight is 506 g/mol. The highest BCUT2D eigenvalue weighted by Crippen LogP contribution is 2.50. The van der Waals surface area contributed by atoms with Gasteiger partial charge in [0.25, 0.3) is 0 Å². The van der Waals surface area contributed by atoms with E-state index in [1.54, 1.807) is 0 Å². The zero-order chi connectivity index (χ0) is 26.4. The van der Waals surface area contributed by atoms with Crippen molar-refractivity contribution in [2.24, 2.45) is 0 Å². The number of hydrogen-bond acceptors (Lipinski definition) is 5. The van der Waals surface area contributed by atoms with Crippen LogP contribution in [0.5, 0.6) is 5.75 Å². The van der Waals surface area contributed by atoms with Crippen LogP contribution in [-0.2, 0) is 31.7 Å². The van der Waals surface area contributed by atoms with Crippen LogP contribution >= 0.6 is 0 Å². The van der Waals surface area contributed by atoms with Crippen LogP contribution in [0.3, 0.4) is 0 Å². The number of aromatic amines is 1. The zero-order valence-corrected chi connectivity index (χ0v) is 22.1. The molecule has 0 saturated heterocycles. The van der Waals surface area contributed by atoms with Crippen molar-refractivity contribution >= 4 is 28.6 Å². The molecule has 2 aromatic carbocycles. The van der Waals surface area contributed by atoms with Crippen molar-refractivity contribution in [3.8, 4) is 5.75 Å². The molecule has 1 aromatic heterocycles. The number of carbonyl (C=O) groups excluding carboxylic acids is 2. The third-order valence-electron chi connectivity index (χ3n) is 7.03. The number of carbonyl (C=O) groups is 2. The van der Waals surface area contributed by atoms with Crippen LogP contribution in [-0.4, -0.2) is 35.9 Å². The third-order valence-corrected chi connectivity index (χ3v) is 7.03. The highest BCUT2D eigenvalue weighted by atomic mass is 16.7. The Balaban J connectivity index is 1.28. The second-order valence-electron chi connectivity index (χ2n) is 11.7. The van der Waals surface area contributed by atoms with Gasteiger partial charge in [-0.25, -0.2) is 4.79 Å². The van der Waals surface area contributed by atoms with Gasteiger partial charge in [0.05, 0.1) is 12.0 Å². The van der Waals surface area contributed by atoms with Gasteiger partial charge < -0.3 is 29.8 Å². The van der Waals surface area contributed by atoms with Gasteiger partial charge in [0, 0.05) is 39.8 Å². The van der Waals surface area contributed by atoms with Crippen molar-refractivity contribution in [2.75, 3.05) is 18.7 Å². The van der Waals surface area contributed by atoms with Gasteiger partial charge in [0.15, 0.2) is 6.79 Å². The molecule has 1 aliphatic heterocycles.